The topological polar surface area (TPSA) is 89.6 Å². The maximum Gasteiger partial charge on any atom is 0.253 e. The van der Waals surface area contributed by atoms with Crippen LogP contribution in [0.15, 0.2) is 30.6 Å². The van der Waals surface area contributed by atoms with Crippen LogP contribution in [0.3, 0.4) is 0 Å². The molecule has 2 N–H and O–H groups in total. The highest BCUT2D eigenvalue weighted by Gasteiger charge is 2.16. The van der Waals surface area contributed by atoms with Gasteiger partial charge in [0.2, 0.25) is 0 Å². The number of carbonyl (C=O) groups excluding carboxylic acids is 2. The number of pyridine rings is 1. The van der Waals surface area contributed by atoms with Crippen LogP contribution in [0, 0.1) is 0 Å². The second kappa shape index (κ2) is 7.85. The molecule has 0 bridgehead atoms. The van der Waals surface area contributed by atoms with Gasteiger partial charge in [0, 0.05) is 43.1 Å². The van der Waals surface area contributed by atoms with E-state index in [0.717, 1.165) is 10.8 Å². The minimum atomic E-state index is -0.571. The Bertz CT molecular complexity index is 685. The van der Waals surface area contributed by atoms with Gasteiger partial charge in [0.25, 0.3) is 11.8 Å². The SMILES string of the molecule is CO[C@@H](C)C(=O)Nc1ccc(NC(=O)[C@H](C)OC)c2cnccc12. The summed E-state index contributed by atoms with van der Waals surface area (Å²) in [7, 11) is 2.95. The molecule has 0 aliphatic heterocycles. The van der Waals surface area contributed by atoms with Crippen LogP contribution in [0.4, 0.5) is 11.4 Å². The van der Waals surface area contributed by atoms with E-state index >= 15 is 0 Å². The van der Waals surface area contributed by atoms with Crippen LogP contribution in [-0.4, -0.2) is 43.2 Å². The average molecular weight is 331 g/mol. The van der Waals surface area contributed by atoms with E-state index in [2.05, 4.69) is 15.6 Å². The standard InChI is InChI=1S/C17H21N3O4/c1-10(23-3)16(21)19-14-5-6-15(20-17(22)11(2)24-4)13-9-18-8-7-12(13)14/h5-11H,1-4H3,(H,19,21)(H,20,22)/t10-,11-/m0/s1. The summed E-state index contributed by atoms with van der Waals surface area (Å²) in [6.07, 6.45) is 2.13. The molecule has 0 saturated heterocycles. The Balaban J connectivity index is 2.36. The summed E-state index contributed by atoms with van der Waals surface area (Å²) < 4.78 is 10.0. The molecule has 7 heteroatoms. The lowest BCUT2D eigenvalue weighted by atomic mass is 10.1. The third-order valence-corrected chi connectivity index (χ3v) is 3.78. The number of rotatable bonds is 6. The molecule has 24 heavy (non-hydrogen) atoms. The number of amides is 2. The van der Waals surface area contributed by atoms with Crippen molar-refractivity contribution in [3.8, 4) is 0 Å². The van der Waals surface area contributed by atoms with E-state index in [1.807, 2.05) is 0 Å². The molecule has 0 aliphatic carbocycles. The smallest absolute Gasteiger partial charge is 0.253 e. The third-order valence-electron chi connectivity index (χ3n) is 3.78. The van der Waals surface area contributed by atoms with Crippen LogP contribution in [-0.2, 0) is 19.1 Å². The number of carbonyl (C=O) groups is 2. The van der Waals surface area contributed by atoms with E-state index < -0.39 is 12.2 Å². The number of nitrogens with zero attached hydrogens (tertiary/aromatic N) is 1. The molecule has 0 spiro atoms. The number of nitrogens with one attached hydrogen (secondary N) is 2. The van der Waals surface area contributed by atoms with Gasteiger partial charge in [-0.15, -0.1) is 0 Å². The van der Waals surface area contributed by atoms with Gasteiger partial charge in [0.15, 0.2) is 0 Å². The number of aromatic nitrogens is 1. The molecule has 2 atom stereocenters. The zero-order valence-corrected chi connectivity index (χ0v) is 14.1. The number of anilines is 2. The summed E-state index contributed by atoms with van der Waals surface area (Å²) in [6, 6.07) is 5.23. The van der Waals surface area contributed by atoms with Crippen LogP contribution < -0.4 is 10.6 Å². The lowest BCUT2D eigenvalue weighted by Crippen LogP contribution is -2.27. The second-order valence-electron chi connectivity index (χ2n) is 5.32. The van der Waals surface area contributed by atoms with Crippen molar-refractivity contribution < 1.29 is 19.1 Å². The Morgan fingerprint density at radius 3 is 1.92 bits per heavy atom. The maximum atomic E-state index is 12.0. The van der Waals surface area contributed by atoms with Crippen molar-refractivity contribution in [1.82, 2.24) is 4.98 Å². The van der Waals surface area contributed by atoms with E-state index in [-0.39, 0.29) is 11.8 Å². The molecular formula is C17H21N3O4. The minimum absolute atomic E-state index is 0.250. The molecule has 2 aromatic rings. The van der Waals surface area contributed by atoms with Crippen molar-refractivity contribution in [2.45, 2.75) is 26.1 Å². The van der Waals surface area contributed by atoms with Gasteiger partial charge in [-0.2, -0.15) is 0 Å². The van der Waals surface area contributed by atoms with E-state index in [1.165, 1.54) is 14.2 Å². The van der Waals surface area contributed by atoms with E-state index in [9.17, 15) is 9.59 Å². The first kappa shape index (κ1) is 17.8. The number of benzene rings is 1. The van der Waals surface area contributed by atoms with Crippen LogP contribution >= 0.6 is 0 Å². The molecule has 2 rings (SSSR count). The van der Waals surface area contributed by atoms with Gasteiger partial charge in [-0.3, -0.25) is 14.6 Å². The van der Waals surface area contributed by atoms with Crippen molar-refractivity contribution in [2.75, 3.05) is 24.9 Å². The maximum absolute atomic E-state index is 12.0. The molecule has 1 aromatic carbocycles. The third kappa shape index (κ3) is 3.87. The van der Waals surface area contributed by atoms with Gasteiger partial charge in [0.1, 0.15) is 12.2 Å². The number of fused-ring (bicyclic) bond motifs is 1. The van der Waals surface area contributed by atoms with Crippen LogP contribution in [0.5, 0.6) is 0 Å². The summed E-state index contributed by atoms with van der Waals surface area (Å²) >= 11 is 0. The van der Waals surface area contributed by atoms with Crippen LogP contribution in [0.1, 0.15) is 13.8 Å². The minimum Gasteiger partial charge on any atom is -0.372 e. The summed E-state index contributed by atoms with van der Waals surface area (Å²) in [5, 5.41) is 7.12. The van der Waals surface area contributed by atoms with Crippen LogP contribution in [0.25, 0.3) is 10.8 Å². The Morgan fingerprint density at radius 1 is 0.917 bits per heavy atom. The lowest BCUT2D eigenvalue weighted by molar-refractivity contribution is -0.125. The van der Waals surface area contributed by atoms with Crippen molar-refractivity contribution in [1.29, 1.82) is 0 Å². The quantitative estimate of drug-likeness (QED) is 0.847. The highest BCUT2D eigenvalue weighted by molar-refractivity contribution is 6.10. The number of methoxy groups -OCH3 is 2. The highest BCUT2D eigenvalue weighted by Crippen LogP contribution is 2.29. The highest BCUT2D eigenvalue weighted by atomic mass is 16.5. The predicted octanol–water partition coefficient (Wildman–Crippen LogP) is 2.18. The fourth-order valence-electron chi connectivity index (χ4n) is 2.09. The largest absolute Gasteiger partial charge is 0.372 e. The second-order valence-corrected chi connectivity index (χ2v) is 5.32. The fraction of sp³-hybridized carbons (Fsp3) is 0.353. The lowest BCUT2D eigenvalue weighted by Gasteiger charge is -2.16. The van der Waals surface area contributed by atoms with E-state index in [1.54, 1.807) is 44.4 Å². The molecule has 2 amide bonds. The zero-order valence-electron chi connectivity index (χ0n) is 14.1. The number of ether oxygens (including phenoxy) is 2. The van der Waals surface area contributed by atoms with Crippen molar-refractivity contribution in [3.05, 3.63) is 30.6 Å². The first-order valence-corrected chi connectivity index (χ1v) is 7.52. The molecular weight excluding hydrogens is 310 g/mol. The van der Waals surface area contributed by atoms with Gasteiger partial charge in [0.05, 0.1) is 5.69 Å². The Kier molecular flexibility index (Phi) is 5.83. The van der Waals surface area contributed by atoms with Gasteiger partial charge >= 0.3 is 0 Å². The molecule has 0 radical (unpaired) electrons. The van der Waals surface area contributed by atoms with Gasteiger partial charge in [-0.1, -0.05) is 0 Å². The predicted molar refractivity (Wildman–Crippen MR) is 91.9 cm³/mol. The molecule has 1 aromatic heterocycles. The first-order valence-electron chi connectivity index (χ1n) is 7.52. The fourth-order valence-corrected chi connectivity index (χ4v) is 2.09. The number of hydrogen-bond donors (Lipinski definition) is 2. The Morgan fingerprint density at radius 2 is 1.42 bits per heavy atom. The summed E-state index contributed by atoms with van der Waals surface area (Å²) in [5.74, 6) is -0.507. The van der Waals surface area contributed by atoms with Gasteiger partial charge < -0.3 is 20.1 Å². The molecule has 1 heterocycles. The van der Waals surface area contributed by atoms with Crippen molar-refractivity contribution >= 4 is 34.0 Å². The Hall–Kier alpha value is -2.51. The molecule has 0 fully saturated rings. The van der Waals surface area contributed by atoms with E-state index in [0.29, 0.717) is 11.4 Å². The van der Waals surface area contributed by atoms with Gasteiger partial charge in [-0.05, 0) is 32.0 Å². The number of hydrogen-bond acceptors (Lipinski definition) is 5. The molecule has 128 valence electrons. The molecule has 7 nitrogen and oxygen atoms in total. The Labute approximate surface area is 140 Å². The first-order chi connectivity index (χ1) is 11.5. The monoisotopic (exact) mass is 331 g/mol. The summed E-state index contributed by atoms with van der Waals surface area (Å²) in [5.41, 5.74) is 1.23. The van der Waals surface area contributed by atoms with Crippen LogP contribution in [0.2, 0.25) is 0 Å². The normalized spacial score (nSPS) is 13.3. The van der Waals surface area contributed by atoms with Gasteiger partial charge in [-0.25, -0.2) is 0 Å². The molecule has 0 saturated carbocycles. The van der Waals surface area contributed by atoms with Crippen molar-refractivity contribution in [3.63, 3.8) is 0 Å². The summed E-state index contributed by atoms with van der Waals surface area (Å²) in [6.45, 7) is 3.33. The van der Waals surface area contributed by atoms with Crippen molar-refractivity contribution in [2.24, 2.45) is 0 Å². The average Bonchev–Trinajstić information content (AvgIpc) is 2.61. The zero-order chi connectivity index (χ0) is 17.7. The van der Waals surface area contributed by atoms with E-state index in [4.69, 9.17) is 9.47 Å². The molecule has 0 unspecified atom stereocenters. The summed E-state index contributed by atoms with van der Waals surface area (Å²) in [4.78, 5) is 28.2. The molecule has 0 aliphatic rings.